The van der Waals surface area contributed by atoms with Crippen LogP contribution >= 0.6 is 22.7 Å². The summed E-state index contributed by atoms with van der Waals surface area (Å²) in [5.74, 6) is 0.676. The first kappa shape index (κ1) is 16.7. The number of rotatable bonds is 5. The van der Waals surface area contributed by atoms with Crippen molar-refractivity contribution in [3.05, 3.63) is 28.6 Å². The van der Waals surface area contributed by atoms with E-state index in [9.17, 15) is 9.59 Å². The second-order valence-electron chi connectivity index (χ2n) is 7.34. The van der Waals surface area contributed by atoms with E-state index in [4.69, 9.17) is 4.98 Å². The van der Waals surface area contributed by atoms with E-state index in [1.165, 1.54) is 12.8 Å². The van der Waals surface area contributed by atoms with Gasteiger partial charge in [0.25, 0.3) is 0 Å². The third-order valence-corrected chi connectivity index (χ3v) is 6.78. The van der Waals surface area contributed by atoms with Gasteiger partial charge in [-0.25, -0.2) is 4.98 Å². The lowest BCUT2D eigenvalue weighted by Crippen LogP contribution is -2.43. The van der Waals surface area contributed by atoms with Gasteiger partial charge >= 0.3 is 0 Å². The molecule has 132 valence electrons. The number of amides is 2. The molecule has 7 heteroatoms. The molecule has 2 amide bonds. The summed E-state index contributed by atoms with van der Waals surface area (Å²) in [6.07, 6.45) is 2.40. The molecule has 0 spiro atoms. The molecule has 0 aromatic carbocycles. The van der Waals surface area contributed by atoms with Crippen LogP contribution in [-0.4, -0.2) is 46.4 Å². The summed E-state index contributed by atoms with van der Waals surface area (Å²) < 4.78 is 0. The van der Waals surface area contributed by atoms with Gasteiger partial charge in [0.2, 0.25) is 11.8 Å². The van der Waals surface area contributed by atoms with Crippen LogP contribution in [0.1, 0.15) is 32.4 Å². The molecule has 1 aliphatic heterocycles. The Kier molecular flexibility index (Phi) is 4.16. The molecule has 0 bridgehead atoms. The molecule has 4 rings (SSSR count). The van der Waals surface area contributed by atoms with Gasteiger partial charge in [-0.15, -0.1) is 22.7 Å². The van der Waals surface area contributed by atoms with Gasteiger partial charge in [0, 0.05) is 11.9 Å². The second-order valence-corrected chi connectivity index (χ2v) is 9.15. The molecular formula is C18H21N3O2S2. The van der Waals surface area contributed by atoms with Gasteiger partial charge in [0.1, 0.15) is 11.6 Å². The molecule has 2 fully saturated rings. The van der Waals surface area contributed by atoms with E-state index < -0.39 is 5.41 Å². The molecule has 0 atom stereocenters. The van der Waals surface area contributed by atoms with E-state index in [0.717, 1.165) is 22.1 Å². The summed E-state index contributed by atoms with van der Waals surface area (Å²) in [6.45, 7) is 5.20. The smallest absolute Gasteiger partial charge is 0.243 e. The highest BCUT2D eigenvalue weighted by atomic mass is 32.1. The van der Waals surface area contributed by atoms with Crippen molar-refractivity contribution in [3.8, 4) is 9.88 Å². The Balaban J connectivity index is 1.49. The number of nitrogens with zero attached hydrogens (tertiary/aromatic N) is 3. The second kappa shape index (κ2) is 6.21. The van der Waals surface area contributed by atoms with Crippen LogP contribution < -0.4 is 0 Å². The zero-order valence-electron chi connectivity index (χ0n) is 14.4. The molecule has 25 heavy (non-hydrogen) atoms. The van der Waals surface area contributed by atoms with E-state index in [0.29, 0.717) is 12.6 Å². The summed E-state index contributed by atoms with van der Waals surface area (Å²) in [5.41, 5.74) is 0.0426. The van der Waals surface area contributed by atoms with E-state index >= 15 is 0 Å². The highest BCUT2D eigenvalue weighted by Crippen LogP contribution is 2.34. The predicted octanol–water partition coefficient (Wildman–Crippen LogP) is 3.19. The lowest BCUT2D eigenvalue weighted by Gasteiger charge is -2.27. The molecule has 0 radical (unpaired) electrons. The Bertz CT molecular complexity index is 793. The zero-order chi connectivity index (χ0) is 17.6. The number of aromatic nitrogens is 1. The molecule has 5 nitrogen and oxygen atoms in total. The van der Waals surface area contributed by atoms with Crippen molar-refractivity contribution < 1.29 is 9.59 Å². The van der Waals surface area contributed by atoms with Crippen molar-refractivity contribution in [1.82, 2.24) is 14.8 Å². The van der Waals surface area contributed by atoms with Gasteiger partial charge in [-0.3, -0.25) is 9.59 Å². The Morgan fingerprint density at radius 2 is 2.16 bits per heavy atom. The maximum Gasteiger partial charge on any atom is 0.243 e. The number of carbonyl (C=O) groups is 2. The van der Waals surface area contributed by atoms with Crippen LogP contribution in [0.5, 0.6) is 0 Å². The fourth-order valence-corrected chi connectivity index (χ4v) is 4.89. The van der Waals surface area contributed by atoms with Crippen molar-refractivity contribution in [3.63, 3.8) is 0 Å². The normalized spacial score (nSPS) is 18.2. The first-order valence-corrected chi connectivity index (χ1v) is 10.3. The Morgan fingerprint density at radius 3 is 2.84 bits per heavy atom. The molecule has 1 aliphatic carbocycles. The minimum Gasteiger partial charge on any atom is -0.323 e. The van der Waals surface area contributed by atoms with Crippen molar-refractivity contribution >= 4 is 34.5 Å². The molecule has 1 saturated heterocycles. The average molecular weight is 376 g/mol. The molecule has 0 unspecified atom stereocenters. The number of hydrogen-bond acceptors (Lipinski definition) is 5. The Hall–Kier alpha value is -1.73. The minimum absolute atomic E-state index is 0.0258. The molecule has 2 aliphatic rings. The van der Waals surface area contributed by atoms with Gasteiger partial charge in [-0.2, -0.15) is 0 Å². The van der Waals surface area contributed by atoms with Gasteiger partial charge < -0.3 is 9.80 Å². The van der Waals surface area contributed by atoms with Crippen LogP contribution in [0, 0.1) is 5.92 Å². The molecule has 2 aromatic rings. The van der Waals surface area contributed by atoms with Crippen LogP contribution in [0.2, 0.25) is 0 Å². The van der Waals surface area contributed by atoms with Crippen LogP contribution in [0.4, 0.5) is 0 Å². The quantitative estimate of drug-likeness (QED) is 0.806. The monoisotopic (exact) mass is 375 g/mol. The van der Waals surface area contributed by atoms with Crippen LogP contribution in [0.25, 0.3) is 9.88 Å². The number of hydrogen-bond donors (Lipinski definition) is 0. The van der Waals surface area contributed by atoms with Crippen molar-refractivity contribution in [2.24, 2.45) is 5.92 Å². The fourth-order valence-electron chi connectivity index (χ4n) is 3.08. The number of thiazole rings is 1. The molecule has 1 saturated carbocycles. The summed E-state index contributed by atoms with van der Waals surface area (Å²) in [5, 5.41) is 4.93. The lowest BCUT2D eigenvalue weighted by molar-refractivity contribution is -0.136. The van der Waals surface area contributed by atoms with Crippen LogP contribution in [0.3, 0.4) is 0 Å². The van der Waals surface area contributed by atoms with E-state index in [-0.39, 0.29) is 18.4 Å². The first-order valence-electron chi connectivity index (χ1n) is 8.52. The molecule has 3 heterocycles. The Morgan fingerprint density at radius 1 is 1.36 bits per heavy atom. The summed E-state index contributed by atoms with van der Waals surface area (Å²) in [7, 11) is 0. The van der Waals surface area contributed by atoms with Crippen LogP contribution in [0.15, 0.2) is 22.9 Å². The van der Waals surface area contributed by atoms with Gasteiger partial charge in [-0.05, 0) is 44.1 Å². The highest BCUT2D eigenvalue weighted by molar-refractivity contribution is 7.20. The molecule has 2 aromatic heterocycles. The maximum absolute atomic E-state index is 13.1. The molecular weight excluding hydrogens is 354 g/mol. The van der Waals surface area contributed by atoms with Gasteiger partial charge in [0.15, 0.2) is 0 Å². The molecule has 0 N–H and O–H groups in total. The van der Waals surface area contributed by atoms with E-state index in [2.05, 4.69) is 0 Å². The predicted molar refractivity (Wildman–Crippen MR) is 99.5 cm³/mol. The third kappa shape index (κ3) is 3.22. The SMILES string of the molecule is CC(C)(C(=O)N1CC(=O)N(CC2CC2)C1)c1csc(-c2cccs2)n1. The summed E-state index contributed by atoms with van der Waals surface area (Å²) >= 11 is 3.21. The van der Waals surface area contributed by atoms with Crippen molar-refractivity contribution in [2.75, 3.05) is 19.8 Å². The Labute approximate surface area is 155 Å². The average Bonchev–Trinajstić information content (AvgIpc) is 3.01. The van der Waals surface area contributed by atoms with Crippen LogP contribution in [-0.2, 0) is 15.0 Å². The standard InChI is InChI=1S/C18H21N3O2S2/c1-18(2,14-10-25-16(19-14)13-4-3-7-24-13)17(23)21-9-15(22)20(11-21)8-12-5-6-12/h3-4,7,10,12H,5-6,8-9,11H2,1-2H3. The summed E-state index contributed by atoms with van der Waals surface area (Å²) in [6, 6.07) is 4.04. The topological polar surface area (TPSA) is 53.5 Å². The fraction of sp³-hybridized carbons (Fsp3) is 0.500. The zero-order valence-corrected chi connectivity index (χ0v) is 16.0. The number of carbonyl (C=O) groups excluding carboxylic acids is 2. The maximum atomic E-state index is 13.1. The van der Waals surface area contributed by atoms with Gasteiger partial charge in [-0.1, -0.05) is 6.07 Å². The van der Waals surface area contributed by atoms with E-state index in [1.54, 1.807) is 27.6 Å². The van der Waals surface area contributed by atoms with Crippen molar-refractivity contribution in [1.29, 1.82) is 0 Å². The van der Waals surface area contributed by atoms with E-state index in [1.807, 2.05) is 41.6 Å². The lowest BCUT2D eigenvalue weighted by atomic mass is 9.88. The largest absolute Gasteiger partial charge is 0.323 e. The summed E-state index contributed by atoms with van der Waals surface area (Å²) in [4.78, 5) is 34.6. The van der Waals surface area contributed by atoms with Crippen molar-refractivity contribution in [2.45, 2.75) is 32.1 Å². The van der Waals surface area contributed by atoms with Gasteiger partial charge in [0.05, 0.1) is 22.7 Å². The highest BCUT2D eigenvalue weighted by Gasteiger charge is 2.41. The number of thiophene rings is 1. The first-order chi connectivity index (χ1) is 11.9. The third-order valence-electron chi connectivity index (χ3n) is 4.89. The minimum atomic E-state index is -0.734.